The summed E-state index contributed by atoms with van der Waals surface area (Å²) in [6, 6.07) is 10.3. The molecule has 1 fully saturated rings. The van der Waals surface area contributed by atoms with Crippen molar-refractivity contribution in [2.45, 2.75) is 31.4 Å². The summed E-state index contributed by atoms with van der Waals surface area (Å²) in [5.74, 6) is 0. The number of halogens is 1. The van der Waals surface area contributed by atoms with Gasteiger partial charge in [-0.15, -0.1) is 17.0 Å². The van der Waals surface area contributed by atoms with E-state index in [4.69, 9.17) is 0 Å². The minimum atomic E-state index is -0.337. The Bertz CT molecular complexity index is 304. The predicted molar refractivity (Wildman–Crippen MR) is 72.0 cm³/mol. The summed E-state index contributed by atoms with van der Waals surface area (Å²) in [6.07, 6.45) is 3.26. The molecule has 0 saturated carbocycles. The molecule has 1 aromatic carbocycles. The van der Waals surface area contributed by atoms with E-state index in [1.54, 1.807) is 0 Å². The Morgan fingerprint density at radius 3 is 2.56 bits per heavy atom. The number of likely N-dealkylation sites (tertiary alicyclic amines) is 1. The van der Waals surface area contributed by atoms with Crippen LogP contribution >= 0.6 is 17.0 Å². The number of rotatable bonds is 2. The number of likely N-dealkylation sites (N-methyl/N-ethyl adjacent to an activating group) is 1. The fraction of sp³-hybridized carbons (Fsp3) is 0.538. The smallest absolute Gasteiger partial charge is 0.0945 e. The lowest BCUT2D eigenvalue weighted by molar-refractivity contribution is 0.0403. The summed E-state index contributed by atoms with van der Waals surface area (Å²) >= 11 is 0. The third-order valence-electron chi connectivity index (χ3n) is 3.33. The third kappa shape index (κ3) is 3.06. The molecule has 0 spiro atoms. The van der Waals surface area contributed by atoms with Gasteiger partial charge in [0.25, 0.3) is 0 Å². The molecule has 0 amide bonds. The van der Waals surface area contributed by atoms with Gasteiger partial charge in [0.1, 0.15) is 0 Å². The van der Waals surface area contributed by atoms with Gasteiger partial charge in [0.2, 0.25) is 0 Å². The molecule has 1 heterocycles. The van der Waals surface area contributed by atoms with E-state index in [-0.39, 0.29) is 23.1 Å². The highest BCUT2D eigenvalue weighted by Crippen LogP contribution is 2.27. The second-order valence-corrected chi connectivity index (χ2v) is 4.40. The van der Waals surface area contributed by atoms with Crippen LogP contribution in [0.1, 0.15) is 30.9 Å². The Morgan fingerprint density at radius 1 is 1.25 bits per heavy atom. The van der Waals surface area contributed by atoms with E-state index in [0.29, 0.717) is 6.04 Å². The molecule has 0 bridgehead atoms. The molecule has 16 heavy (non-hydrogen) atoms. The van der Waals surface area contributed by atoms with E-state index in [2.05, 4.69) is 11.9 Å². The van der Waals surface area contributed by atoms with Gasteiger partial charge in [0.05, 0.1) is 6.10 Å². The van der Waals surface area contributed by atoms with E-state index in [1.807, 2.05) is 30.3 Å². The Hall–Kier alpha value is -0.380. The topological polar surface area (TPSA) is 23.5 Å². The van der Waals surface area contributed by atoms with Crippen LogP contribution in [0.3, 0.4) is 0 Å². The number of piperidine rings is 1. The summed E-state index contributed by atoms with van der Waals surface area (Å²) in [4.78, 5) is 2.28. The van der Waals surface area contributed by atoms with Gasteiger partial charge >= 0.3 is 0 Å². The number of nitrogens with zero attached hydrogens (tertiary/aromatic N) is 1. The molecule has 0 radical (unpaired) electrons. The Labute approximate surface area is 108 Å². The van der Waals surface area contributed by atoms with Gasteiger partial charge in [-0.05, 0) is 32.0 Å². The van der Waals surface area contributed by atoms with Crippen LogP contribution in [0, 0.1) is 0 Å². The number of hydrogen-bond donors (Lipinski definition) is 1. The Balaban J connectivity index is 0.00000128. The standard InChI is InChI=1S/C13H19NO.BrH/c1-14-10-6-5-9-12(14)13(15)11-7-3-2-4-8-11;/h2-4,7-8,12-13,15H,5-6,9-10H2,1H3;1H. The molecule has 1 N–H and O–H groups in total. The molecule has 0 aromatic heterocycles. The fourth-order valence-electron chi connectivity index (χ4n) is 2.37. The van der Waals surface area contributed by atoms with Crippen molar-refractivity contribution in [1.29, 1.82) is 0 Å². The minimum Gasteiger partial charge on any atom is -0.387 e. The van der Waals surface area contributed by atoms with Crippen LogP contribution in [0.25, 0.3) is 0 Å². The Morgan fingerprint density at radius 2 is 1.94 bits per heavy atom. The van der Waals surface area contributed by atoms with E-state index in [0.717, 1.165) is 18.5 Å². The second-order valence-electron chi connectivity index (χ2n) is 4.40. The highest BCUT2D eigenvalue weighted by Gasteiger charge is 2.26. The van der Waals surface area contributed by atoms with E-state index >= 15 is 0 Å². The van der Waals surface area contributed by atoms with Gasteiger partial charge in [-0.25, -0.2) is 0 Å². The molecular weight excluding hydrogens is 266 g/mol. The number of hydrogen-bond acceptors (Lipinski definition) is 2. The molecule has 2 atom stereocenters. The average molecular weight is 286 g/mol. The largest absolute Gasteiger partial charge is 0.387 e. The van der Waals surface area contributed by atoms with Crippen LogP contribution in [0.5, 0.6) is 0 Å². The maximum Gasteiger partial charge on any atom is 0.0945 e. The fourth-order valence-corrected chi connectivity index (χ4v) is 2.37. The SMILES string of the molecule is Br.CN1CCCCC1C(O)c1ccccc1. The van der Waals surface area contributed by atoms with Gasteiger partial charge in [-0.1, -0.05) is 36.8 Å². The molecule has 2 rings (SSSR count). The summed E-state index contributed by atoms with van der Waals surface area (Å²) in [7, 11) is 2.11. The lowest BCUT2D eigenvalue weighted by atomic mass is 9.93. The molecule has 1 aromatic rings. The first-order valence-corrected chi connectivity index (χ1v) is 5.72. The van der Waals surface area contributed by atoms with E-state index in [9.17, 15) is 5.11 Å². The molecule has 90 valence electrons. The molecule has 1 aliphatic rings. The summed E-state index contributed by atoms with van der Waals surface area (Å²) < 4.78 is 0. The normalized spacial score (nSPS) is 23.5. The van der Waals surface area contributed by atoms with Gasteiger partial charge in [0, 0.05) is 6.04 Å². The highest BCUT2D eigenvalue weighted by atomic mass is 79.9. The van der Waals surface area contributed by atoms with Gasteiger partial charge < -0.3 is 10.0 Å². The summed E-state index contributed by atoms with van der Waals surface area (Å²) in [5.41, 5.74) is 1.04. The van der Waals surface area contributed by atoms with E-state index in [1.165, 1.54) is 12.8 Å². The maximum absolute atomic E-state index is 10.3. The van der Waals surface area contributed by atoms with Gasteiger partial charge in [0.15, 0.2) is 0 Å². The summed E-state index contributed by atoms with van der Waals surface area (Å²) in [5, 5.41) is 10.3. The lowest BCUT2D eigenvalue weighted by Gasteiger charge is -2.35. The first kappa shape index (κ1) is 13.7. The predicted octanol–water partition coefficient (Wildman–Crippen LogP) is 2.78. The average Bonchev–Trinajstić information content (AvgIpc) is 2.30. The number of aliphatic hydroxyl groups is 1. The van der Waals surface area contributed by atoms with Crippen molar-refractivity contribution in [2.75, 3.05) is 13.6 Å². The highest BCUT2D eigenvalue weighted by molar-refractivity contribution is 8.93. The molecule has 2 nitrogen and oxygen atoms in total. The number of aliphatic hydroxyl groups excluding tert-OH is 1. The molecular formula is C13H20BrNO. The quantitative estimate of drug-likeness (QED) is 0.903. The Kier molecular flexibility index (Phi) is 5.46. The van der Waals surface area contributed by atoms with Crippen LogP contribution in [0.15, 0.2) is 30.3 Å². The molecule has 1 aliphatic heterocycles. The molecule has 0 aliphatic carbocycles. The first-order chi connectivity index (χ1) is 7.29. The number of benzene rings is 1. The second kappa shape index (κ2) is 6.38. The first-order valence-electron chi connectivity index (χ1n) is 5.72. The van der Waals surface area contributed by atoms with Crippen molar-refractivity contribution in [3.8, 4) is 0 Å². The van der Waals surface area contributed by atoms with Crippen molar-refractivity contribution in [1.82, 2.24) is 4.90 Å². The monoisotopic (exact) mass is 285 g/mol. The zero-order valence-corrected chi connectivity index (χ0v) is 11.4. The molecule has 1 saturated heterocycles. The van der Waals surface area contributed by atoms with Crippen molar-refractivity contribution in [3.05, 3.63) is 35.9 Å². The van der Waals surface area contributed by atoms with Crippen LogP contribution in [0.4, 0.5) is 0 Å². The van der Waals surface area contributed by atoms with Crippen LogP contribution in [-0.2, 0) is 0 Å². The van der Waals surface area contributed by atoms with Crippen LogP contribution in [-0.4, -0.2) is 29.6 Å². The van der Waals surface area contributed by atoms with Crippen LogP contribution in [0.2, 0.25) is 0 Å². The van der Waals surface area contributed by atoms with Crippen molar-refractivity contribution >= 4 is 17.0 Å². The maximum atomic E-state index is 10.3. The zero-order valence-electron chi connectivity index (χ0n) is 9.67. The van der Waals surface area contributed by atoms with Crippen molar-refractivity contribution in [3.63, 3.8) is 0 Å². The third-order valence-corrected chi connectivity index (χ3v) is 3.33. The summed E-state index contributed by atoms with van der Waals surface area (Å²) in [6.45, 7) is 1.11. The minimum absolute atomic E-state index is 0. The molecule has 3 heteroatoms. The van der Waals surface area contributed by atoms with Gasteiger partial charge in [-0.2, -0.15) is 0 Å². The lowest BCUT2D eigenvalue weighted by Crippen LogP contribution is -2.40. The van der Waals surface area contributed by atoms with Gasteiger partial charge in [-0.3, -0.25) is 0 Å². The zero-order chi connectivity index (χ0) is 10.7. The van der Waals surface area contributed by atoms with E-state index < -0.39 is 0 Å². The van der Waals surface area contributed by atoms with Crippen molar-refractivity contribution < 1.29 is 5.11 Å². The van der Waals surface area contributed by atoms with Crippen molar-refractivity contribution in [2.24, 2.45) is 0 Å². The molecule has 2 unspecified atom stereocenters. The van der Waals surface area contributed by atoms with Crippen LogP contribution < -0.4 is 0 Å².